The summed E-state index contributed by atoms with van der Waals surface area (Å²) >= 11 is 3.64. The third-order valence-electron chi connectivity index (χ3n) is 4.17. The van der Waals surface area contributed by atoms with E-state index < -0.39 is 5.97 Å². The number of methoxy groups -OCH3 is 1. The summed E-state index contributed by atoms with van der Waals surface area (Å²) in [5, 5.41) is 12.6. The second-order valence-electron chi connectivity index (χ2n) is 5.39. The minimum atomic E-state index is -1.11. The van der Waals surface area contributed by atoms with Crippen LogP contribution >= 0.6 is 15.9 Å². The van der Waals surface area contributed by atoms with Gasteiger partial charge in [-0.05, 0) is 65.2 Å². The highest BCUT2D eigenvalue weighted by Gasteiger charge is 2.26. The molecule has 1 heterocycles. The molecule has 0 unspecified atom stereocenters. The van der Waals surface area contributed by atoms with Crippen LogP contribution in [0.15, 0.2) is 15.1 Å². The Kier molecular flexibility index (Phi) is 3.95. The van der Waals surface area contributed by atoms with Gasteiger partial charge in [-0.3, -0.25) is 0 Å². The second-order valence-corrected chi connectivity index (χ2v) is 6.19. The molecule has 1 aromatic heterocycles. The maximum Gasteiger partial charge on any atom is 0.358 e. The molecule has 0 amide bonds. The molecule has 0 aliphatic heterocycles. The topological polar surface area (TPSA) is 72.6 Å². The zero-order chi connectivity index (χ0) is 15.9. The molecular formula is C16H16BrNO4. The number of carboxylic acid groups (broad SMARTS) is 1. The molecule has 0 radical (unpaired) electrons. The Balaban J connectivity index is 2.25. The largest absolute Gasteiger partial charge is 0.495 e. The summed E-state index contributed by atoms with van der Waals surface area (Å²) in [6.45, 7) is 2.03. The van der Waals surface area contributed by atoms with Gasteiger partial charge in [0, 0.05) is 6.07 Å². The zero-order valence-electron chi connectivity index (χ0n) is 12.4. The Morgan fingerprint density at radius 3 is 2.64 bits per heavy atom. The molecule has 1 aliphatic rings. The number of hydrogen-bond acceptors (Lipinski definition) is 4. The van der Waals surface area contributed by atoms with Crippen molar-refractivity contribution in [3.8, 4) is 17.1 Å². The molecule has 0 fully saturated rings. The van der Waals surface area contributed by atoms with E-state index in [2.05, 4.69) is 21.1 Å². The van der Waals surface area contributed by atoms with E-state index in [1.807, 2.05) is 6.92 Å². The first kappa shape index (κ1) is 15.1. The molecule has 6 heteroatoms. The Hall–Kier alpha value is -1.82. The lowest BCUT2D eigenvalue weighted by Gasteiger charge is -2.24. The van der Waals surface area contributed by atoms with Gasteiger partial charge in [0.2, 0.25) is 0 Å². The van der Waals surface area contributed by atoms with Crippen LogP contribution in [0.1, 0.15) is 40.0 Å². The molecule has 0 bridgehead atoms. The first-order valence-electron chi connectivity index (χ1n) is 7.12. The molecule has 5 nitrogen and oxygen atoms in total. The van der Waals surface area contributed by atoms with E-state index in [1.54, 1.807) is 7.11 Å². The van der Waals surface area contributed by atoms with Gasteiger partial charge in [-0.25, -0.2) is 4.79 Å². The fraction of sp³-hybridized carbons (Fsp3) is 0.375. The number of carbonyl (C=O) groups is 1. The lowest BCUT2D eigenvalue weighted by Crippen LogP contribution is -2.08. The zero-order valence-corrected chi connectivity index (χ0v) is 14.0. The molecule has 0 spiro atoms. The highest BCUT2D eigenvalue weighted by molar-refractivity contribution is 9.10. The highest BCUT2D eigenvalue weighted by Crippen LogP contribution is 2.45. The van der Waals surface area contributed by atoms with Gasteiger partial charge in [0.1, 0.15) is 5.75 Å². The number of aromatic carboxylic acids is 1. The van der Waals surface area contributed by atoms with Crippen LogP contribution < -0.4 is 4.74 Å². The first-order chi connectivity index (χ1) is 10.5. The summed E-state index contributed by atoms with van der Waals surface area (Å²) in [4.78, 5) is 11.0. The van der Waals surface area contributed by atoms with Gasteiger partial charge in [0.15, 0.2) is 11.5 Å². The predicted molar refractivity (Wildman–Crippen MR) is 84.5 cm³/mol. The SMILES string of the molecule is COc1c(Br)c2c(c(C)c1-c1cc(C(=O)O)no1)CCCC2. The molecule has 22 heavy (non-hydrogen) atoms. The van der Waals surface area contributed by atoms with Crippen LogP contribution in [0.3, 0.4) is 0 Å². The third-order valence-corrected chi connectivity index (χ3v) is 5.01. The van der Waals surface area contributed by atoms with Crippen molar-refractivity contribution in [1.29, 1.82) is 0 Å². The molecular weight excluding hydrogens is 350 g/mol. The summed E-state index contributed by atoms with van der Waals surface area (Å²) < 4.78 is 11.7. The van der Waals surface area contributed by atoms with Crippen LogP contribution in [0.25, 0.3) is 11.3 Å². The fourth-order valence-electron chi connectivity index (χ4n) is 3.11. The van der Waals surface area contributed by atoms with E-state index in [0.29, 0.717) is 11.5 Å². The molecule has 1 aromatic carbocycles. The van der Waals surface area contributed by atoms with Crippen LogP contribution in [-0.4, -0.2) is 23.3 Å². The minimum absolute atomic E-state index is 0.106. The number of carboxylic acids is 1. The smallest absolute Gasteiger partial charge is 0.358 e. The summed E-state index contributed by atoms with van der Waals surface area (Å²) in [5.41, 5.74) is 4.31. The van der Waals surface area contributed by atoms with Crippen molar-refractivity contribution in [2.75, 3.05) is 7.11 Å². The van der Waals surface area contributed by atoms with Crippen LogP contribution in [0.5, 0.6) is 5.75 Å². The first-order valence-corrected chi connectivity index (χ1v) is 7.92. The van der Waals surface area contributed by atoms with Crippen molar-refractivity contribution in [2.45, 2.75) is 32.6 Å². The molecule has 3 rings (SSSR count). The average Bonchev–Trinajstić information content (AvgIpc) is 3.00. The van der Waals surface area contributed by atoms with E-state index in [9.17, 15) is 4.79 Å². The Labute approximate surface area is 136 Å². The van der Waals surface area contributed by atoms with E-state index in [-0.39, 0.29) is 5.69 Å². The lowest BCUT2D eigenvalue weighted by molar-refractivity contribution is 0.0686. The molecule has 1 aliphatic carbocycles. The van der Waals surface area contributed by atoms with Crippen molar-refractivity contribution in [2.24, 2.45) is 0 Å². The van der Waals surface area contributed by atoms with E-state index in [1.165, 1.54) is 23.6 Å². The van der Waals surface area contributed by atoms with Crippen LogP contribution in [0, 0.1) is 6.92 Å². The third kappa shape index (κ3) is 2.31. The monoisotopic (exact) mass is 365 g/mol. The fourth-order valence-corrected chi connectivity index (χ4v) is 3.91. The van der Waals surface area contributed by atoms with Gasteiger partial charge in [-0.2, -0.15) is 0 Å². The minimum Gasteiger partial charge on any atom is -0.495 e. The second kappa shape index (κ2) is 5.76. The van der Waals surface area contributed by atoms with E-state index >= 15 is 0 Å². The van der Waals surface area contributed by atoms with Crippen molar-refractivity contribution in [1.82, 2.24) is 5.16 Å². The predicted octanol–water partition coefficient (Wildman–Crippen LogP) is 4.00. The maximum absolute atomic E-state index is 11.0. The number of fused-ring (bicyclic) bond motifs is 1. The van der Waals surface area contributed by atoms with Crippen LogP contribution in [-0.2, 0) is 12.8 Å². The number of hydrogen-bond donors (Lipinski definition) is 1. The van der Waals surface area contributed by atoms with Crippen molar-refractivity contribution < 1.29 is 19.2 Å². The highest BCUT2D eigenvalue weighted by atomic mass is 79.9. The number of rotatable bonds is 3. The Morgan fingerprint density at radius 1 is 1.36 bits per heavy atom. The van der Waals surface area contributed by atoms with E-state index in [0.717, 1.165) is 34.9 Å². The normalized spacial score (nSPS) is 13.8. The molecule has 0 saturated heterocycles. The quantitative estimate of drug-likeness (QED) is 0.889. The number of benzene rings is 1. The molecule has 2 aromatic rings. The Morgan fingerprint density at radius 2 is 2.05 bits per heavy atom. The summed E-state index contributed by atoms with van der Waals surface area (Å²) in [7, 11) is 1.60. The summed E-state index contributed by atoms with van der Waals surface area (Å²) in [5.74, 6) is -0.0179. The standard InChI is InChI=1S/C16H16BrNO4/c1-8-9-5-3-4-6-10(9)14(17)15(21-2)13(8)12-7-11(16(19)20)18-22-12/h7H,3-6H2,1-2H3,(H,19,20). The summed E-state index contributed by atoms with van der Waals surface area (Å²) in [6.07, 6.45) is 4.35. The number of aromatic nitrogens is 1. The number of nitrogens with zero attached hydrogens (tertiary/aromatic N) is 1. The molecule has 0 saturated carbocycles. The summed E-state index contributed by atoms with van der Waals surface area (Å²) in [6, 6.07) is 1.44. The van der Waals surface area contributed by atoms with Crippen molar-refractivity contribution in [3.63, 3.8) is 0 Å². The van der Waals surface area contributed by atoms with Crippen LogP contribution in [0.4, 0.5) is 0 Å². The maximum atomic E-state index is 11.0. The lowest BCUT2D eigenvalue weighted by atomic mass is 9.85. The van der Waals surface area contributed by atoms with Gasteiger partial charge in [0.05, 0.1) is 17.1 Å². The van der Waals surface area contributed by atoms with Gasteiger partial charge in [0.25, 0.3) is 0 Å². The van der Waals surface area contributed by atoms with Crippen LogP contribution in [0.2, 0.25) is 0 Å². The van der Waals surface area contributed by atoms with E-state index in [4.69, 9.17) is 14.4 Å². The average molecular weight is 366 g/mol. The molecule has 0 atom stereocenters. The molecule has 1 N–H and O–H groups in total. The van der Waals surface area contributed by atoms with Crippen molar-refractivity contribution in [3.05, 3.63) is 32.9 Å². The van der Waals surface area contributed by atoms with Gasteiger partial charge < -0.3 is 14.4 Å². The van der Waals surface area contributed by atoms with Gasteiger partial charge in [-0.15, -0.1) is 0 Å². The van der Waals surface area contributed by atoms with Gasteiger partial charge >= 0.3 is 5.97 Å². The number of halogens is 1. The number of ether oxygens (including phenoxy) is 1. The van der Waals surface area contributed by atoms with Gasteiger partial charge in [-0.1, -0.05) is 5.16 Å². The Bertz CT molecular complexity index is 751. The van der Waals surface area contributed by atoms with Crippen molar-refractivity contribution >= 4 is 21.9 Å². The molecule has 116 valence electrons.